The van der Waals surface area contributed by atoms with Crippen molar-refractivity contribution in [3.8, 4) is 5.75 Å². The van der Waals surface area contributed by atoms with Crippen molar-refractivity contribution in [3.63, 3.8) is 0 Å². The molecule has 0 bridgehead atoms. The third-order valence-corrected chi connectivity index (χ3v) is 6.40. The summed E-state index contributed by atoms with van der Waals surface area (Å²) < 4.78 is 11.6. The highest BCUT2D eigenvalue weighted by molar-refractivity contribution is 6.42. The summed E-state index contributed by atoms with van der Waals surface area (Å²) in [7, 11) is 3.38. The van der Waals surface area contributed by atoms with Gasteiger partial charge in [-0.1, -0.05) is 30.1 Å². The van der Waals surface area contributed by atoms with Crippen molar-refractivity contribution in [2.75, 3.05) is 44.5 Å². The van der Waals surface area contributed by atoms with Gasteiger partial charge in [-0.05, 0) is 49.2 Å². The van der Waals surface area contributed by atoms with Crippen molar-refractivity contribution < 1.29 is 19.1 Å². The SMILES string of the molecule is CO[C@@H]1CN(C)C(=O)c2cc(NC(=O)Nc3ccc(Cl)c(Cl)c3)ccc2OC[C@@H](C)NC[C@@H]1C. The van der Waals surface area contributed by atoms with Crippen LogP contribution in [0.25, 0.3) is 0 Å². The molecule has 1 aliphatic rings. The molecule has 3 amide bonds. The van der Waals surface area contributed by atoms with Crippen LogP contribution in [0.3, 0.4) is 0 Å². The summed E-state index contributed by atoms with van der Waals surface area (Å²) in [5, 5.41) is 9.61. The van der Waals surface area contributed by atoms with Crippen LogP contribution in [-0.4, -0.2) is 62.8 Å². The Kier molecular flexibility index (Phi) is 9.02. The third-order valence-electron chi connectivity index (χ3n) is 5.66. The number of nitrogens with zero attached hydrogens (tertiary/aromatic N) is 1. The van der Waals surface area contributed by atoms with Gasteiger partial charge in [0.2, 0.25) is 0 Å². The number of hydrogen-bond acceptors (Lipinski definition) is 5. The van der Waals surface area contributed by atoms with Crippen LogP contribution in [0.2, 0.25) is 10.0 Å². The number of amides is 3. The summed E-state index contributed by atoms with van der Waals surface area (Å²) >= 11 is 11.9. The van der Waals surface area contributed by atoms with E-state index in [0.29, 0.717) is 45.9 Å². The third kappa shape index (κ3) is 6.76. The highest BCUT2D eigenvalue weighted by atomic mass is 35.5. The van der Waals surface area contributed by atoms with E-state index in [2.05, 4.69) is 22.9 Å². The topological polar surface area (TPSA) is 91.9 Å². The molecule has 2 aromatic carbocycles. The maximum Gasteiger partial charge on any atom is 0.323 e. The van der Waals surface area contributed by atoms with Gasteiger partial charge in [-0.15, -0.1) is 0 Å². The summed E-state index contributed by atoms with van der Waals surface area (Å²) in [6.07, 6.45) is -0.129. The highest BCUT2D eigenvalue weighted by Gasteiger charge is 2.25. The van der Waals surface area contributed by atoms with Gasteiger partial charge >= 0.3 is 6.03 Å². The molecule has 8 nitrogen and oxygen atoms in total. The number of ether oxygens (including phenoxy) is 2. The Labute approximate surface area is 209 Å². The monoisotopic (exact) mass is 508 g/mol. The Morgan fingerprint density at radius 1 is 1.12 bits per heavy atom. The van der Waals surface area contributed by atoms with Gasteiger partial charge in [0, 0.05) is 44.7 Å². The van der Waals surface area contributed by atoms with Crippen molar-refractivity contribution >= 4 is 46.5 Å². The molecular formula is C24H30Cl2N4O4. The lowest BCUT2D eigenvalue weighted by atomic mass is 10.0. The second kappa shape index (κ2) is 11.8. The zero-order valence-corrected chi connectivity index (χ0v) is 21.2. The van der Waals surface area contributed by atoms with Crippen molar-refractivity contribution in [2.24, 2.45) is 5.92 Å². The summed E-state index contributed by atoms with van der Waals surface area (Å²) in [6.45, 7) is 5.66. The molecule has 3 rings (SSSR count). The number of rotatable bonds is 3. The van der Waals surface area contributed by atoms with Gasteiger partial charge in [-0.3, -0.25) is 4.79 Å². The van der Waals surface area contributed by atoms with Gasteiger partial charge in [0.15, 0.2) is 0 Å². The van der Waals surface area contributed by atoms with Crippen LogP contribution in [0.4, 0.5) is 16.2 Å². The Morgan fingerprint density at radius 3 is 2.47 bits per heavy atom. The van der Waals surface area contributed by atoms with Gasteiger partial charge in [0.25, 0.3) is 5.91 Å². The van der Waals surface area contributed by atoms with Gasteiger partial charge in [-0.25, -0.2) is 4.79 Å². The number of nitrogens with one attached hydrogen (secondary N) is 3. The Hall–Kier alpha value is -2.52. The molecule has 0 saturated carbocycles. The minimum absolute atomic E-state index is 0.0786. The predicted molar refractivity (Wildman–Crippen MR) is 135 cm³/mol. The predicted octanol–water partition coefficient (Wildman–Crippen LogP) is 4.73. The van der Waals surface area contributed by atoms with Crippen LogP contribution in [-0.2, 0) is 4.74 Å². The number of hydrogen-bond donors (Lipinski definition) is 3. The van der Waals surface area contributed by atoms with Crippen LogP contribution in [0.1, 0.15) is 24.2 Å². The summed E-state index contributed by atoms with van der Waals surface area (Å²) in [5.41, 5.74) is 1.28. The van der Waals surface area contributed by atoms with E-state index in [4.69, 9.17) is 32.7 Å². The molecule has 3 N–H and O–H groups in total. The van der Waals surface area contributed by atoms with Gasteiger partial charge < -0.3 is 30.3 Å². The second-order valence-electron chi connectivity index (χ2n) is 8.48. The largest absolute Gasteiger partial charge is 0.491 e. The summed E-state index contributed by atoms with van der Waals surface area (Å²) in [6, 6.07) is 9.36. The minimum Gasteiger partial charge on any atom is -0.491 e. The lowest BCUT2D eigenvalue weighted by Gasteiger charge is -2.30. The smallest absolute Gasteiger partial charge is 0.323 e. The molecule has 0 spiro atoms. The Morgan fingerprint density at radius 2 is 1.79 bits per heavy atom. The number of carbonyl (C=O) groups is 2. The maximum atomic E-state index is 13.3. The highest BCUT2D eigenvalue weighted by Crippen LogP contribution is 2.27. The summed E-state index contributed by atoms with van der Waals surface area (Å²) in [4.78, 5) is 27.4. The molecule has 0 fully saturated rings. The fraction of sp³-hybridized carbons (Fsp3) is 0.417. The molecule has 1 aliphatic heterocycles. The first-order valence-corrected chi connectivity index (χ1v) is 11.7. The number of carbonyl (C=O) groups excluding carboxylic acids is 2. The van der Waals surface area contributed by atoms with Crippen LogP contribution in [0, 0.1) is 5.92 Å². The average molecular weight is 509 g/mol. The minimum atomic E-state index is -0.487. The van der Waals surface area contributed by atoms with Crippen molar-refractivity contribution in [1.29, 1.82) is 0 Å². The number of halogens is 2. The molecule has 1 heterocycles. The van der Waals surface area contributed by atoms with E-state index in [0.717, 1.165) is 6.54 Å². The van der Waals surface area contributed by atoms with Gasteiger partial charge in [0.05, 0.1) is 21.7 Å². The van der Waals surface area contributed by atoms with Crippen LogP contribution < -0.4 is 20.7 Å². The van der Waals surface area contributed by atoms with E-state index < -0.39 is 6.03 Å². The van der Waals surface area contributed by atoms with Gasteiger partial charge in [0.1, 0.15) is 12.4 Å². The molecule has 0 aromatic heterocycles. The number of methoxy groups -OCH3 is 1. The first-order valence-electron chi connectivity index (χ1n) is 11.0. The molecule has 0 saturated heterocycles. The van der Waals surface area contributed by atoms with E-state index in [1.807, 2.05) is 6.92 Å². The van der Waals surface area contributed by atoms with Crippen LogP contribution >= 0.6 is 23.2 Å². The lowest BCUT2D eigenvalue weighted by Crippen LogP contribution is -2.44. The molecule has 34 heavy (non-hydrogen) atoms. The quantitative estimate of drug-likeness (QED) is 0.557. The number of fused-ring (bicyclic) bond motifs is 1. The molecule has 184 valence electrons. The number of anilines is 2. The molecule has 0 unspecified atom stereocenters. The average Bonchev–Trinajstić information content (AvgIpc) is 2.81. The molecule has 2 aromatic rings. The fourth-order valence-corrected chi connectivity index (χ4v) is 3.90. The van der Waals surface area contributed by atoms with E-state index in [1.165, 1.54) is 0 Å². The normalized spacial score (nSPS) is 21.5. The molecule has 0 aliphatic carbocycles. The van der Waals surface area contributed by atoms with E-state index in [9.17, 15) is 9.59 Å². The standard InChI is InChI=1S/C24H30Cl2N4O4/c1-14-11-27-15(2)13-34-21-8-6-16(9-18(21)23(31)30(3)12-22(14)33-4)28-24(32)29-17-5-7-19(25)20(26)10-17/h5-10,14-15,22,27H,11-13H2,1-4H3,(H2,28,29,32)/t14-,15+,22+/m0/s1. The number of benzene rings is 2. The van der Waals surface area contributed by atoms with Crippen LogP contribution in [0.15, 0.2) is 36.4 Å². The molecule has 10 heteroatoms. The second-order valence-corrected chi connectivity index (χ2v) is 9.29. The first kappa shape index (κ1) is 26.1. The zero-order chi connectivity index (χ0) is 24.8. The molecular weight excluding hydrogens is 479 g/mol. The van der Waals surface area contributed by atoms with Gasteiger partial charge in [-0.2, -0.15) is 0 Å². The first-order chi connectivity index (χ1) is 16.2. The van der Waals surface area contributed by atoms with E-state index in [-0.39, 0.29) is 24.0 Å². The van der Waals surface area contributed by atoms with Crippen molar-refractivity contribution in [1.82, 2.24) is 10.2 Å². The maximum absolute atomic E-state index is 13.3. The van der Waals surface area contributed by atoms with E-state index in [1.54, 1.807) is 55.5 Å². The fourth-order valence-electron chi connectivity index (χ4n) is 3.61. The molecule has 3 atom stereocenters. The Bertz CT molecular complexity index is 1040. The van der Waals surface area contributed by atoms with Crippen molar-refractivity contribution in [2.45, 2.75) is 26.0 Å². The lowest BCUT2D eigenvalue weighted by molar-refractivity contribution is 0.0281. The van der Waals surface area contributed by atoms with E-state index >= 15 is 0 Å². The van der Waals surface area contributed by atoms with Crippen molar-refractivity contribution in [3.05, 3.63) is 52.0 Å². The number of likely N-dealkylation sites (N-methyl/N-ethyl adjacent to an activating group) is 1. The zero-order valence-electron chi connectivity index (χ0n) is 19.7. The Balaban J connectivity index is 1.82. The summed E-state index contributed by atoms with van der Waals surface area (Å²) in [5.74, 6) is 0.419. The molecule has 0 radical (unpaired) electrons. The van der Waals surface area contributed by atoms with Crippen LogP contribution in [0.5, 0.6) is 5.75 Å². The number of urea groups is 1.